The molecule has 164 valence electrons. The number of rotatable bonds is 9. The number of ether oxygens (including phenoxy) is 1. The summed E-state index contributed by atoms with van der Waals surface area (Å²) in [5.41, 5.74) is 2.94. The Hall–Kier alpha value is -3.85. The lowest BCUT2D eigenvalue weighted by atomic mass is 10.2. The van der Waals surface area contributed by atoms with Crippen LogP contribution in [-0.2, 0) is 4.74 Å². The number of aromatic nitrogens is 5. The summed E-state index contributed by atoms with van der Waals surface area (Å²) in [6.07, 6.45) is 4.19. The van der Waals surface area contributed by atoms with Gasteiger partial charge in [-0.3, -0.25) is 9.78 Å². The molecule has 0 radical (unpaired) electrons. The third-order valence-electron chi connectivity index (χ3n) is 4.71. The zero-order chi connectivity index (χ0) is 22.3. The van der Waals surface area contributed by atoms with Gasteiger partial charge in [-0.2, -0.15) is 9.50 Å². The van der Waals surface area contributed by atoms with Crippen molar-refractivity contribution in [3.63, 3.8) is 0 Å². The number of pyridine rings is 1. The van der Waals surface area contributed by atoms with E-state index in [1.54, 1.807) is 29.0 Å². The van der Waals surface area contributed by atoms with E-state index in [1.165, 1.54) is 0 Å². The standard InChI is InChI=1S/C23H25N7O2/c1-3-32-12-6-11-25-22(31)17-7-4-9-19(14-17)27-20-13-16(2)26-23-28-21(29-30(20)23)18-8-5-10-24-15-18/h4-5,7-10,13-15,27H,3,6,11-12H2,1-2H3,(H,25,31). The fraction of sp³-hybridized carbons (Fsp3) is 0.261. The van der Waals surface area contributed by atoms with Crippen LogP contribution >= 0.6 is 0 Å². The van der Waals surface area contributed by atoms with E-state index in [9.17, 15) is 4.79 Å². The van der Waals surface area contributed by atoms with Gasteiger partial charge in [0.1, 0.15) is 5.82 Å². The number of carbonyl (C=O) groups is 1. The molecule has 2 N–H and O–H groups in total. The maximum absolute atomic E-state index is 12.5. The summed E-state index contributed by atoms with van der Waals surface area (Å²) in [6, 6.07) is 12.9. The Bertz CT molecular complexity index is 1210. The minimum Gasteiger partial charge on any atom is -0.382 e. The van der Waals surface area contributed by atoms with Crippen LogP contribution in [0.2, 0.25) is 0 Å². The van der Waals surface area contributed by atoms with Gasteiger partial charge in [0, 0.05) is 60.7 Å². The molecule has 0 spiro atoms. The summed E-state index contributed by atoms with van der Waals surface area (Å²) in [7, 11) is 0. The Morgan fingerprint density at radius 2 is 2.06 bits per heavy atom. The second-order valence-electron chi connectivity index (χ2n) is 7.18. The van der Waals surface area contributed by atoms with E-state index in [1.807, 2.05) is 44.2 Å². The minimum atomic E-state index is -0.124. The van der Waals surface area contributed by atoms with Crippen molar-refractivity contribution in [1.29, 1.82) is 0 Å². The molecule has 4 aromatic rings. The summed E-state index contributed by atoms with van der Waals surface area (Å²) in [4.78, 5) is 25.6. The Labute approximate surface area is 185 Å². The number of fused-ring (bicyclic) bond motifs is 1. The van der Waals surface area contributed by atoms with Gasteiger partial charge in [-0.05, 0) is 50.6 Å². The Morgan fingerprint density at radius 3 is 2.88 bits per heavy atom. The fourth-order valence-corrected chi connectivity index (χ4v) is 3.20. The number of nitrogens with zero attached hydrogens (tertiary/aromatic N) is 5. The Kier molecular flexibility index (Phi) is 6.66. The van der Waals surface area contributed by atoms with E-state index in [2.05, 4.69) is 30.7 Å². The van der Waals surface area contributed by atoms with E-state index >= 15 is 0 Å². The van der Waals surface area contributed by atoms with Gasteiger partial charge in [0.05, 0.1) is 0 Å². The van der Waals surface area contributed by atoms with Gasteiger partial charge in [0.25, 0.3) is 11.7 Å². The van der Waals surface area contributed by atoms with Gasteiger partial charge >= 0.3 is 0 Å². The average Bonchev–Trinajstić information content (AvgIpc) is 3.24. The van der Waals surface area contributed by atoms with Crippen LogP contribution in [0.15, 0.2) is 54.9 Å². The molecule has 0 unspecified atom stereocenters. The minimum absolute atomic E-state index is 0.124. The zero-order valence-electron chi connectivity index (χ0n) is 18.1. The van der Waals surface area contributed by atoms with Crippen molar-refractivity contribution >= 4 is 23.2 Å². The normalized spacial score (nSPS) is 10.9. The number of nitrogens with one attached hydrogen (secondary N) is 2. The molecule has 3 aromatic heterocycles. The summed E-state index contributed by atoms with van der Waals surface area (Å²) < 4.78 is 6.95. The van der Waals surface area contributed by atoms with Gasteiger partial charge in [-0.1, -0.05) is 6.07 Å². The molecule has 0 aliphatic carbocycles. The number of amides is 1. The van der Waals surface area contributed by atoms with Crippen LogP contribution in [0.4, 0.5) is 11.5 Å². The second kappa shape index (κ2) is 9.97. The van der Waals surface area contributed by atoms with Crippen molar-refractivity contribution in [2.24, 2.45) is 0 Å². The van der Waals surface area contributed by atoms with Gasteiger partial charge in [-0.15, -0.1) is 5.10 Å². The third-order valence-corrected chi connectivity index (χ3v) is 4.71. The predicted molar refractivity (Wildman–Crippen MR) is 122 cm³/mol. The monoisotopic (exact) mass is 431 g/mol. The van der Waals surface area contributed by atoms with Crippen molar-refractivity contribution in [2.75, 3.05) is 25.1 Å². The molecular formula is C23H25N7O2. The number of benzene rings is 1. The van der Waals surface area contributed by atoms with Gasteiger partial charge in [-0.25, -0.2) is 4.98 Å². The van der Waals surface area contributed by atoms with Crippen molar-refractivity contribution in [3.8, 4) is 11.4 Å². The molecule has 1 amide bonds. The average molecular weight is 432 g/mol. The van der Waals surface area contributed by atoms with Crippen molar-refractivity contribution in [2.45, 2.75) is 20.3 Å². The summed E-state index contributed by atoms with van der Waals surface area (Å²) in [5, 5.41) is 10.8. The smallest absolute Gasteiger partial charge is 0.254 e. The van der Waals surface area contributed by atoms with Crippen LogP contribution < -0.4 is 10.6 Å². The zero-order valence-corrected chi connectivity index (χ0v) is 18.1. The summed E-state index contributed by atoms with van der Waals surface area (Å²) in [5.74, 6) is 1.60. The maximum atomic E-state index is 12.5. The first-order valence-corrected chi connectivity index (χ1v) is 10.5. The Morgan fingerprint density at radius 1 is 1.16 bits per heavy atom. The lowest BCUT2D eigenvalue weighted by Gasteiger charge is -2.10. The van der Waals surface area contributed by atoms with E-state index in [0.717, 1.165) is 23.4 Å². The lowest BCUT2D eigenvalue weighted by molar-refractivity contribution is 0.0944. The first kappa shape index (κ1) is 21.4. The third kappa shape index (κ3) is 5.06. The first-order chi connectivity index (χ1) is 15.6. The highest BCUT2D eigenvalue weighted by Crippen LogP contribution is 2.21. The van der Waals surface area contributed by atoms with Crippen molar-refractivity contribution in [1.82, 2.24) is 29.9 Å². The SMILES string of the molecule is CCOCCCNC(=O)c1cccc(Nc2cc(C)nc3nc(-c4cccnc4)nn23)c1. The molecule has 9 nitrogen and oxygen atoms in total. The summed E-state index contributed by atoms with van der Waals surface area (Å²) in [6.45, 7) is 5.73. The summed E-state index contributed by atoms with van der Waals surface area (Å²) >= 11 is 0. The Balaban J connectivity index is 1.54. The number of carbonyl (C=O) groups excluding carboxylic acids is 1. The van der Waals surface area contributed by atoms with Crippen LogP contribution in [0.25, 0.3) is 17.2 Å². The molecule has 3 heterocycles. The largest absolute Gasteiger partial charge is 0.382 e. The quantitative estimate of drug-likeness (QED) is 0.391. The van der Waals surface area contributed by atoms with Crippen molar-refractivity contribution in [3.05, 3.63) is 66.1 Å². The van der Waals surface area contributed by atoms with Crippen LogP contribution in [0.5, 0.6) is 0 Å². The molecule has 0 aliphatic rings. The second-order valence-corrected chi connectivity index (χ2v) is 7.18. The van der Waals surface area contributed by atoms with Gasteiger partial charge in [0.2, 0.25) is 0 Å². The number of hydrogen-bond donors (Lipinski definition) is 2. The number of aryl methyl sites for hydroxylation is 1. The van der Waals surface area contributed by atoms with Crippen LogP contribution in [-0.4, -0.2) is 50.2 Å². The van der Waals surface area contributed by atoms with E-state index in [-0.39, 0.29) is 5.91 Å². The van der Waals surface area contributed by atoms with Gasteiger partial charge < -0.3 is 15.4 Å². The van der Waals surface area contributed by atoms with Crippen molar-refractivity contribution < 1.29 is 9.53 Å². The number of anilines is 2. The topological polar surface area (TPSA) is 106 Å². The maximum Gasteiger partial charge on any atom is 0.254 e. The first-order valence-electron chi connectivity index (χ1n) is 10.5. The molecular weight excluding hydrogens is 406 g/mol. The molecule has 0 saturated heterocycles. The molecule has 9 heteroatoms. The molecule has 32 heavy (non-hydrogen) atoms. The van der Waals surface area contributed by atoms with Crippen LogP contribution in [0, 0.1) is 6.92 Å². The predicted octanol–water partition coefficient (Wildman–Crippen LogP) is 3.39. The molecule has 0 fully saturated rings. The molecule has 0 aliphatic heterocycles. The molecule has 0 atom stereocenters. The molecule has 1 aromatic carbocycles. The lowest BCUT2D eigenvalue weighted by Crippen LogP contribution is -2.25. The molecule has 0 bridgehead atoms. The highest BCUT2D eigenvalue weighted by molar-refractivity contribution is 5.95. The number of hydrogen-bond acceptors (Lipinski definition) is 7. The van der Waals surface area contributed by atoms with E-state index in [4.69, 9.17) is 4.74 Å². The van der Waals surface area contributed by atoms with Crippen LogP contribution in [0.1, 0.15) is 29.4 Å². The van der Waals surface area contributed by atoms with E-state index in [0.29, 0.717) is 42.7 Å². The van der Waals surface area contributed by atoms with E-state index < -0.39 is 0 Å². The molecule has 0 saturated carbocycles. The highest BCUT2D eigenvalue weighted by atomic mass is 16.5. The van der Waals surface area contributed by atoms with Crippen LogP contribution in [0.3, 0.4) is 0 Å². The van der Waals surface area contributed by atoms with Gasteiger partial charge in [0.15, 0.2) is 5.82 Å². The molecule has 4 rings (SSSR count). The highest BCUT2D eigenvalue weighted by Gasteiger charge is 2.13. The fourth-order valence-electron chi connectivity index (χ4n) is 3.20.